The van der Waals surface area contributed by atoms with E-state index in [1.807, 2.05) is 6.92 Å². The summed E-state index contributed by atoms with van der Waals surface area (Å²) in [5.41, 5.74) is -0.358. The van der Waals surface area contributed by atoms with Gasteiger partial charge in [0.05, 0.1) is 18.8 Å². The van der Waals surface area contributed by atoms with Crippen LogP contribution in [0.25, 0.3) is 0 Å². The zero-order valence-electron chi connectivity index (χ0n) is 20.0. The minimum atomic E-state index is -1.08. The lowest BCUT2D eigenvalue weighted by Crippen LogP contribution is -2.48. The Kier molecular flexibility index (Phi) is 10.1. The molecule has 2 rings (SSSR count). The fraction of sp³-hybridized carbons (Fsp3) is 0.625. The van der Waals surface area contributed by atoms with Gasteiger partial charge in [-0.2, -0.15) is 0 Å². The van der Waals surface area contributed by atoms with Gasteiger partial charge in [0, 0.05) is 6.61 Å². The minimum Gasteiger partial charge on any atom is -0.457 e. The van der Waals surface area contributed by atoms with Crippen LogP contribution >= 0.6 is 0 Å². The highest BCUT2D eigenvalue weighted by molar-refractivity contribution is 5.89. The van der Waals surface area contributed by atoms with Gasteiger partial charge in [-0.25, -0.2) is 14.4 Å². The molecule has 0 bridgehead atoms. The van der Waals surface area contributed by atoms with Crippen molar-refractivity contribution in [3.05, 3.63) is 35.9 Å². The molecule has 0 spiro atoms. The Morgan fingerprint density at radius 2 is 1.85 bits per heavy atom. The number of amides is 1. The summed E-state index contributed by atoms with van der Waals surface area (Å²) in [6, 6.07) is 7.45. The van der Waals surface area contributed by atoms with Gasteiger partial charge in [-0.15, -0.1) is 0 Å². The van der Waals surface area contributed by atoms with Crippen LogP contribution in [0.3, 0.4) is 0 Å². The molecule has 0 aliphatic carbocycles. The molecule has 9 nitrogen and oxygen atoms in total. The summed E-state index contributed by atoms with van der Waals surface area (Å²) < 4.78 is 28.1. The molecule has 4 atom stereocenters. The second-order valence-electron chi connectivity index (χ2n) is 8.88. The zero-order valence-corrected chi connectivity index (χ0v) is 20.0. The van der Waals surface area contributed by atoms with Crippen LogP contribution in [-0.2, 0) is 28.5 Å². The van der Waals surface area contributed by atoms with Gasteiger partial charge in [0.25, 0.3) is 0 Å². The van der Waals surface area contributed by atoms with Crippen LogP contribution in [0.2, 0.25) is 0 Å². The molecule has 1 amide bonds. The van der Waals surface area contributed by atoms with E-state index >= 15 is 0 Å². The maximum atomic E-state index is 12.7. The van der Waals surface area contributed by atoms with Crippen LogP contribution in [0.15, 0.2) is 30.3 Å². The minimum absolute atomic E-state index is 0.0456. The summed E-state index contributed by atoms with van der Waals surface area (Å²) in [5.74, 6) is -1.28. The summed E-state index contributed by atoms with van der Waals surface area (Å²) in [5, 5.41) is 2.48. The number of nitrogens with one attached hydrogen (secondary N) is 1. The molecule has 9 heteroatoms. The van der Waals surface area contributed by atoms with E-state index in [0.717, 1.165) is 12.8 Å². The van der Waals surface area contributed by atoms with Gasteiger partial charge < -0.3 is 29.0 Å². The summed E-state index contributed by atoms with van der Waals surface area (Å²) >= 11 is 0. The number of unbranched alkanes of at least 4 members (excludes halogenated alkanes) is 1. The number of carbonyl (C=O) groups excluding carboxylic acids is 3. The van der Waals surface area contributed by atoms with Gasteiger partial charge >= 0.3 is 18.0 Å². The number of hydrogen-bond donors (Lipinski definition) is 1. The number of carbonyl (C=O) groups is 3. The molecule has 1 aliphatic heterocycles. The Balaban J connectivity index is 2.16. The lowest BCUT2D eigenvalue weighted by atomic mass is 10.1. The van der Waals surface area contributed by atoms with Gasteiger partial charge in [0.1, 0.15) is 17.8 Å². The maximum absolute atomic E-state index is 12.7. The van der Waals surface area contributed by atoms with Crippen molar-refractivity contribution in [2.24, 2.45) is 0 Å². The van der Waals surface area contributed by atoms with E-state index in [1.54, 1.807) is 58.0 Å². The van der Waals surface area contributed by atoms with E-state index < -0.39 is 48.0 Å². The highest BCUT2D eigenvalue weighted by Gasteiger charge is 2.38. The normalized spacial score (nSPS) is 24.0. The Labute approximate surface area is 195 Å². The highest BCUT2D eigenvalue weighted by atomic mass is 16.6. The summed E-state index contributed by atoms with van der Waals surface area (Å²) in [4.78, 5) is 37.6. The number of benzene rings is 1. The van der Waals surface area contributed by atoms with Crippen molar-refractivity contribution < 1.29 is 38.1 Å². The van der Waals surface area contributed by atoms with Crippen LogP contribution in [-0.4, -0.2) is 67.8 Å². The molecule has 0 aromatic heterocycles. The molecule has 184 valence electrons. The van der Waals surface area contributed by atoms with Crippen LogP contribution in [0.4, 0.5) is 4.79 Å². The summed E-state index contributed by atoms with van der Waals surface area (Å²) in [7, 11) is 0. The molecular formula is C24H35NO8. The molecule has 1 aliphatic rings. The number of alkyl carbamates (subject to hydrolysis) is 1. The predicted octanol–water partition coefficient (Wildman–Crippen LogP) is 3.25. The first-order valence-corrected chi connectivity index (χ1v) is 11.3. The molecular weight excluding hydrogens is 430 g/mol. The average molecular weight is 466 g/mol. The Morgan fingerprint density at radius 1 is 1.15 bits per heavy atom. The Bertz CT molecular complexity index is 776. The number of cyclic esters (lactones) is 1. The maximum Gasteiger partial charge on any atom is 0.408 e. The summed E-state index contributed by atoms with van der Waals surface area (Å²) in [6.07, 6.45) is -1.43. The third-order valence-electron chi connectivity index (χ3n) is 4.76. The van der Waals surface area contributed by atoms with Crippen molar-refractivity contribution in [1.29, 1.82) is 0 Å². The third-order valence-corrected chi connectivity index (χ3v) is 4.76. The topological polar surface area (TPSA) is 109 Å². The lowest BCUT2D eigenvalue weighted by Gasteiger charge is -2.30. The first-order chi connectivity index (χ1) is 15.6. The second kappa shape index (κ2) is 12.6. The zero-order chi connectivity index (χ0) is 24.4. The Hall–Kier alpha value is -2.65. The largest absolute Gasteiger partial charge is 0.457 e. The van der Waals surface area contributed by atoms with Crippen molar-refractivity contribution in [2.45, 2.75) is 77.4 Å². The number of ether oxygens (including phenoxy) is 5. The molecule has 1 aromatic rings. The molecule has 0 saturated carbocycles. The number of esters is 2. The molecule has 33 heavy (non-hydrogen) atoms. The fourth-order valence-electron chi connectivity index (χ4n) is 3.11. The monoisotopic (exact) mass is 465 g/mol. The SMILES string of the molecule is CCCCO[C@H]1COC[C@H](NC(=O)OC(C)(C)C)C(=O)O[C@@H](C)[C@@H]1OC(=O)c1ccccc1. The number of hydrogen-bond acceptors (Lipinski definition) is 8. The van der Waals surface area contributed by atoms with Gasteiger partial charge in [-0.05, 0) is 46.2 Å². The molecule has 1 N–H and O–H groups in total. The number of rotatable bonds is 7. The van der Waals surface area contributed by atoms with E-state index in [1.165, 1.54) is 0 Å². The smallest absolute Gasteiger partial charge is 0.408 e. The fourth-order valence-corrected chi connectivity index (χ4v) is 3.11. The van der Waals surface area contributed by atoms with Crippen molar-refractivity contribution in [3.63, 3.8) is 0 Å². The Morgan fingerprint density at radius 3 is 2.48 bits per heavy atom. The quantitative estimate of drug-likeness (QED) is 0.371. The van der Waals surface area contributed by atoms with E-state index in [2.05, 4.69) is 5.32 Å². The van der Waals surface area contributed by atoms with Crippen LogP contribution < -0.4 is 5.32 Å². The van der Waals surface area contributed by atoms with Crippen LogP contribution in [0, 0.1) is 0 Å². The van der Waals surface area contributed by atoms with Crippen LogP contribution in [0.5, 0.6) is 0 Å². The highest BCUT2D eigenvalue weighted by Crippen LogP contribution is 2.19. The molecule has 0 unspecified atom stereocenters. The van der Waals surface area contributed by atoms with Gasteiger partial charge in [-0.3, -0.25) is 0 Å². The molecule has 1 heterocycles. The van der Waals surface area contributed by atoms with Crippen molar-refractivity contribution >= 4 is 18.0 Å². The van der Waals surface area contributed by atoms with Gasteiger partial charge in [0.2, 0.25) is 0 Å². The molecule has 1 fully saturated rings. The standard InChI is InChI=1S/C24H35NO8/c1-6-7-13-30-19-15-29-14-18(25-23(28)33-24(3,4)5)22(27)31-16(2)20(19)32-21(26)17-11-9-8-10-12-17/h8-12,16,18-20H,6-7,13-15H2,1-5H3,(H,25,28)/t16-,18-,19-,20-/m0/s1. The van der Waals surface area contributed by atoms with Crippen molar-refractivity contribution in [3.8, 4) is 0 Å². The molecule has 1 saturated heterocycles. The molecule has 1 aromatic carbocycles. The summed E-state index contributed by atoms with van der Waals surface area (Å²) in [6.45, 7) is 9.15. The van der Waals surface area contributed by atoms with E-state index in [0.29, 0.717) is 12.2 Å². The van der Waals surface area contributed by atoms with Gasteiger partial charge in [-0.1, -0.05) is 31.5 Å². The lowest BCUT2D eigenvalue weighted by molar-refractivity contribution is -0.161. The van der Waals surface area contributed by atoms with Crippen molar-refractivity contribution in [2.75, 3.05) is 19.8 Å². The average Bonchev–Trinajstić information content (AvgIpc) is 2.79. The van der Waals surface area contributed by atoms with Gasteiger partial charge in [0.15, 0.2) is 12.1 Å². The van der Waals surface area contributed by atoms with Crippen LogP contribution in [0.1, 0.15) is 57.8 Å². The van der Waals surface area contributed by atoms with E-state index in [-0.39, 0.29) is 13.2 Å². The predicted molar refractivity (Wildman–Crippen MR) is 120 cm³/mol. The second-order valence-corrected chi connectivity index (χ2v) is 8.88. The van der Waals surface area contributed by atoms with Crippen molar-refractivity contribution in [1.82, 2.24) is 5.32 Å². The molecule has 0 radical (unpaired) electrons. The first kappa shape index (κ1) is 26.6. The van der Waals surface area contributed by atoms with E-state index in [4.69, 9.17) is 23.7 Å². The van der Waals surface area contributed by atoms with E-state index in [9.17, 15) is 14.4 Å². The first-order valence-electron chi connectivity index (χ1n) is 11.3. The third kappa shape index (κ3) is 9.01.